The summed E-state index contributed by atoms with van der Waals surface area (Å²) in [7, 11) is 2.07. The Morgan fingerprint density at radius 2 is 1.95 bits per heavy atom. The molecule has 1 aromatic heterocycles. The zero-order chi connectivity index (χ0) is 14.9. The Morgan fingerprint density at radius 1 is 1.19 bits per heavy atom. The third-order valence-corrected chi connectivity index (χ3v) is 4.78. The molecule has 2 unspecified atom stereocenters. The lowest BCUT2D eigenvalue weighted by molar-refractivity contribution is 0.138. The highest BCUT2D eigenvalue weighted by Gasteiger charge is 2.35. The van der Waals surface area contributed by atoms with E-state index in [0.717, 1.165) is 0 Å². The Labute approximate surface area is 127 Å². The first kappa shape index (κ1) is 14.3. The van der Waals surface area contributed by atoms with Crippen molar-refractivity contribution in [2.45, 2.75) is 45.2 Å². The molecule has 0 saturated heterocycles. The van der Waals surface area contributed by atoms with Crippen LogP contribution >= 0.6 is 0 Å². The number of aromatic nitrogens is 2. The van der Waals surface area contributed by atoms with Crippen molar-refractivity contribution >= 4 is 0 Å². The molecule has 3 heteroatoms. The molecule has 1 aliphatic carbocycles. The molecule has 0 radical (unpaired) electrons. The molecule has 0 spiro atoms. The van der Waals surface area contributed by atoms with Gasteiger partial charge in [-0.25, -0.2) is 0 Å². The average Bonchev–Trinajstić information content (AvgIpc) is 2.97. The van der Waals surface area contributed by atoms with Gasteiger partial charge in [0, 0.05) is 17.8 Å². The van der Waals surface area contributed by atoms with Crippen molar-refractivity contribution in [1.82, 2.24) is 15.1 Å². The molecule has 0 bridgehead atoms. The third-order valence-electron chi connectivity index (χ3n) is 4.78. The van der Waals surface area contributed by atoms with Gasteiger partial charge in [0.25, 0.3) is 0 Å². The second-order valence-electron chi connectivity index (χ2n) is 6.94. The van der Waals surface area contributed by atoms with Crippen molar-refractivity contribution in [3.8, 4) is 11.1 Å². The van der Waals surface area contributed by atoms with E-state index < -0.39 is 0 Å². The average molecular weight is 283 g/mol. The maximum atomic E-state index is 4.66. The summed E-state index contributed by atoms with van der Waals surface area (Å²) in [6.07, 6.45) is 7.86. The first-order chi connectivity index (χ1) is 10.1. The van der Waals surface area contributed by atoms with Gasteiger partial charge in [-0.1, -0.05) is 44.2 Å². The summed E-state index contributed by atoms with van der Waals surface area (Å²) in [4.78, 5) is 0. The molecule has 2 aromatic rings. The van der Waals surface area contributed by atoms with Crippen LogP contribution in [0.25, 0.3) is 11.1 Å². The van der Waals surface area contributed by atoms with Crippen LogP contribution in [0.15, 0.2) is 42.7 Å². The lowest BCUT2D eigenvalue weighted by Crippen LogP contribution is -2.42. The highest BCUT2D eigenvalue weighted by Crippen LogP contribution is 2.41. The zero-order valence-electron chi connectivity index (χ0n) is 13.2. The monoisotopic (exact) mass is 283 g/mol. The highest BCUT2D eigenvalue weighted by atomic mass is 15.3. The third kappa shape index (κ3) is 3.03. The van der Waals surface area contributed by atoms with Gasteiger partial charge in [0.05, 0.1) is 12.2 Å². The molecule has 21 heavy (non-hydrogen) atoms. The Kier molecular flexibility index (Phi) is 3.85. The Bertz CT molecular complexity index is 586. The molecular weight excluding hydrogens is 258 g/mol. The van der Waals surface area contributed by atoms with Gasteiger partial charge in [-0.3, -0.25) is 4.68 Å². The van der Waals surface area contributed by atoms with Crippen molar-refractivity contribution in [2.24, 2.45) is 5.41 Å². The summed E-state index contributed by atoms with van der Waals surface area (Å²) in [6.45, 7) is 4.74. The van der Waals surface area contributed by atoms with Crippen LogP contribution in [0.2, 0.25) is 0 Å². The summed E-state index contributed by atoms with van der Waals surface area (Å²) in [5.74, 6) is 0. The molecule has 0 aliphatic heterocycles. The minimum Gasteiger partial charge on any atom is -0.315 e. The van der Waals surface area contributed by atoms with Gasteiger partial charge >= 0.3 is 0 Å². The van der Waals surface area contributed by atoms with Crippen LogP contribution in [0.4, 0.5) is 0 Å². The lowest BCUT2D eigenvalue weighted by atomic mass is 9.73. The fourth-order valence-corrected chi connectivity index (χ4v) is 3.46. The van der Waals surface area contributed by atoms with Crippen LogP contribution in [0.5, 0.6) is 0 Å². The number of rotatable bonds is 3. The Morgan fingerprint density at radius 3 is 2.67 bits per heavy atom. The van der Waals surface area contributed by atoms with Crippen molar-refractivity contribution in [3.63, 3.8) is 0 Å². The van der Waals surface area contributed by atoms with Crippen LogP contribution in [-0.2, 0) is 0 Å². The van der Waals surface area contributed by atoms with Gasteiger partial charge in [0.2, 0.25) is 0 Å². The smallest absolute Gasteiger partial charge is 0.0677 e. The van der Waals surface area contributed by atoms with Gasteiger partial charge in [-0.2, -0.15) is 5.10 Å². The first-order valence-electron chi connectivity index (χ1n) is 7.86. The summed E-state index contributed by atoms with van der Waals surface area (Å²) < 4.78 is 2.17. The normalized spacial score (nSPS) is 24.9. The van der Waals surface area contributed by atoms with Crippen LogP contribution in [0.3, 0.4) is 0 Å². The summed E-state index contributed by atoms with van der Waals surface area (Å²) in [6, 6.07) is 11.4. The largest absolute Gasteiger partial charge is 0.315 e. The van der Waals surface area contributed by atoms with Gasteiger partial charge < -0.3 is 5.32 Å². The van der Waals surface area contributed by atoms with E-state index in [1.54, 1.807) is 0 Å². The topological polar surface area (TPSA) is 29.9 Å². The van der Waals surface area contributed by atoms with E-state index in [1.807, 2.05) is 6.20 Å². The van der Waals surface area contributed by atoms with Gasteiger partial charge in [-0.05, 0) is 37.3 Å². The van der Waals surface area contributed by atoms with E-state index >= 15 is 0 Å². The van der Waals surface area contributed by atoms with Crippen LogP contribution in [0, 0.1) is 5.41 Å². The van der Waals surface area contributed by atoms with Crippen molar-refractivity contribution in [2.75, 3.05) is 7.05 Å². The molecule has 1 fully saturated rings. The molecule has 1 N–H and O–H groups in total. The number of nitrogens with one attached hydrogen (secondary N) is 1. The molecule has 1 saturated carbocycles. The molecule has 1 heterocycles. The summed E-state index contributed by atoms with van der Waals surface area (Å²) >= 11 is 0. The quantitative estimate of drug-likeness (QED) is 0.926. The molecule has 1 aliphatic rings. The van der Waals surface area contributed by atoms with Crippen LogP contribution in [-0.4, -0.2) is 22.9 Å². The SMILES string of the molecule is CNC1CCC(C)(C)CC1n1cc(-c2ccccc2)cn1. The molecule has 3 rings (SSSR count). The van der Waals surface area contributed by atoms with E-state index in [4.69, 9.17) is 0 Å². The highest BCUT2D eigenvalue weighted by molar-refractivity contribution is 5.61. The van der Waals surface area contributed by atoms with Crippen molar-refractivity contribution in [3.05, 3.63) is 42.7 Å². The van der Waals surface area contributed by atoms with Gasteiger partial charge in [0.1, 0.15) is 0 Å². The predicted molar refractivity (Wildman–Crippen MR) is 87.2 cm³/mol. The predicted octanol–water partition coefficient (Wildman–Crippen LogP) is 3.89. The maximum absolute atomic E-state index is 4.66. The number of hydrogen-bond donors (Lipinski definition) is 1. The summed E-state index contributed by atoms with van der Waals surface area (Å²) in [5.41, 5.74) is 2.84. The van der Waals surface area contributed by atoms with Crippen LogP contribution < -0.4 is 5.32 Å². The Hall–Kier alpha value is -1.61. The van der Waals surface area contributed by atoms with Crippen molar-refractivity contribution < 1.29 is 0 Å². The van der Waals surface area contributed by atoms with E-state index in [1.165, 1.54) is 30.4 Å². The van der Waals surface area contributed by atoms with E-state index in [2.05, 4.69) is 72.5 Å². The fraction of sp³-hybridized carbons (Fsp3) is 0.500. The van der Waals surface area contributed by atoms with Gasteiger partial charge in [0.15, 0.2) is 0 Å². The molecule has 1 aromatic carbocycles. The lowest BCUT2D eigenvalue weighted by Gasteiger charge is -2.40. The standard InChI is InChI=1S/C18H25N3/c1-18(2)10-9-16(19-3)17(11-18)21-13-15(12-20-21)14-7-5-4-6-8-14/h4-8,12-13,16-17,19H,9-11H2,1-3H3. The molecular formula is C18H25N3. The van der Waals surface area contributed by atoms with Crippen LogP contribution in [0.1, 0.15) is 39.2 Å². The molecule has 3 nitrogen and oxygen atoms in total. The number of likely N-dealkylation sites (N-methyl/N-ethyl adjacent to an activating group) is 1. The Balaban J connectivity index is 1.87. The summed E-state index contributed by atoms with van der Waals surface area (Å²) in [5, 5.41) is 8.14. The second-order valence-corrected chi connectivity index (χ2v) is 6.94. The van der Waals surface area contributed by atoms with Gasteiger partial charge in [-0.15, -0.1) is 0 Å². The zero-order valence-corrected chi connectivity index (χ0v) is 13.2. The molecule has 0 amide bonds. The minimum atomic E-state index is 0.400. The van der Waals surface area contributed by atoms with E-state index in [-0.39, 0.29) is 0 Å². The second kappa shape index (κ2) is 5.64. The van der Waals surface area contributed by atoms with E-state index in [9.17, 15) is 0 Å². The van der Waals surface area contributed by atoms with E-state index in [0.29, 0.717) is 17.5 Å². The maximum Gasteiger partial charge on any atom is 0.0677 e. The number of hydrogen-bond acceptors (Lipinski definition) is 2. The number of benzene rings is 1. The fourth-order valence-electron chi connectivity index (χ4n) is 3.46. The van der Waals surface area contributed by atoms with Crippen molar-refractivity contribution in [1.29, 1.82) is 0 Å². The molecule has 2 atom stereocenters. The molecule has 112 valence electrons. The minimum absolute atomic E-state index is 0.400. The first-order valence-corrected chi connectivity index (χ1v) is 7.86. The number of nitrogens with zero attached hydrogens (tertiary/aromatic N) is 2.